The second kappa shape index (κ2) is 8.77. The second-order valence-corrected chi connectivity index (χ2v) is 6.23. The molecule has 1 aromatic carbocycles. The number of urea groups is 1. The molecule has 2 heterocycles. The molecular formula is C18H20F3N5O2. The van der Waals surface area contributed by atoms with Gasteiger partial charge in [0.2, 0.25) is 0 Å². The summed E-state index contributed by atoms with van der Waals surface area (Å²) in [5.41, 5.74) is -0.0969. The Morgan fingerprint density at radius 3 is 2.64 bits per heavy atom. The van der Waals surface area contributed by atoms with E-state index < -0.39 is 18.1 Å². The van der Waals surface area contributed by atoms with Crippen molar-refractivity contribution in [2.45, 2.75) is 32.2 Å². The van der Waals surface area contributed by atoms with Gasteiger partial charge in [-0.05, 0) is 37.5 Å². The summed E-state index contributed by atoms with van der Waals surface area (Å²) in [5, 5.41) is 4.88. The van der Waals surface area contributed by atoms with Crippen molar-refractivity contribution in [1.29, 1.82) is 0 Å². The molecule has 1 aliphatic heterocycles. The van der Waals surface area contributed by atoms with E-state index >= 15 is 0 Å². The van der Waals surface area contributed by atoms with E-state index in [0.717, 1.165) is 37.8 Å². The Hall–Kier alpha value is -3.04. The van der Waals surface area contributed by atoms with Gasteiger partial charge in [0.1, 0.15) is 11.6 Å². The fourth-order valence-electron chi connectivity index (χ4n) is 2.88. The number of nitrogens with one attached hydrogen (secondary N) is 2. The molecule has 2 N–H and O–H groups in total. The van der Waals surface area contributed by atoms with Crippen LogP contribution in [0.2, 0.25) is 0 Å². The first kappa shape index (κ1) is 19.7. The molecule has 0 radical (unpaired) electrons. The number of amides is 2. The normalized spacial score (nSPS) is 14.5. The first-order valence-electron chi connectivity index (χ1n) is 8.87. The van der Waals surface area contributed by atoms with Gasteiger partial charge in [0.25, 0.3) is 0 Å². The number of alkyl halides is 3. The zero-order chi connectivity index (χ0) is 20.0. The molecule has 28 heavy (non-hydrogen) atoms. The second-order valence-electron chi connectivity index (χ2n) is 6.23. The minimum absolute atomic E-state index is 0.0375. The van der Waals surface area contributed by atoms with Gasteiger partial charge >= 0.3 is 12.4 Å². The highest BCUT2D eigenvalue weighted by Crippen LogP contribution is 2.29. The number of carbonyl (C=O) groups excluding carboxylic acids is 1. The van der Waals surface area contributed by atoms with Crippen molar-refractivity contribution in [3.05, 3.63) is 42.4 Å². The number of halogens is 3. The van der Waals surface area contributed by atoms with Gasteiger partial charge in [-0.1, -0.05) is 12.1 Å². The highest BCUT2D eigenvalue weighted by atomic mass is 19.4. The van der Waals surface area contributed by atoms with Crippen molar-refractivity contribution in [3.63, 3.8) is 0 Å². The van der Waals surface area contributed by atoms with Crippen LogP contribution in [0.4, 0.5) is 29.5 Å². The zero-order valence-electron chi connectivity index (χ0n) is 15.0. The molecule has 0 bridgehead atoms. The van der Waals surface area contributed by atoms with Crippen LogP contribution >= 0.6 is 0 Å². The van der Waals surface area contributed by atoms with Crippen LogP contribution in [-0.2, 0) is 6.54 Å². The number of hydrogen-bond acceptors (Lipinski definition) is 5. The van der Waals surface area contributed by atoms with Crippen molar-refractivity contribution < 1.29 is 22.7 Å². The number of benzene rings is 1. The molecule has 0 saturated carbocycles. The maximum atomic E-state index is 12.4. The van der Waals surface area contributed by atoms with Crippen LogP contribution in [0.3, 0.4) is 0 Å². The molecule has 1 aromatic heterocycles. The van der Waals surface area contributed by atoms with E-state index in [0.29, 0.717) is 5.82 Å². The number of ether oxygens (including phenoxy) is 1. The van der Waals surface area contributed by atoms with Gasteiger partial charge in [0.15, 0.2) is 5.75 Å². The summed E-state index contributed by atoms with van der Waals surface area (Å²) in [4.78, 5) is 22.8. The Bertz CT molecular complexity index is 810. The van der Waals surface area contributed by atoms with Crippen LogP contribution in [-0.4, -0.2) is 35.5 Å². The minimum atomic E-state index is -4.85. The van der Waals surface area contributed by atoms with Crippen LogP contribution in [0.5, 0.6) is 5.75 Å². The average molecular weight is 395 g/mol. The van der Waals surface area contributed by atoms with Gasteiger partial charge in [-0.15, -0.1) is 13.2 Å². The number of nitrogens with zero attached hydrogens (tertiary/aromatic N) is 3. The van der Waals surface area contributed by atoms with Crippen molar-refractivity contribution in [2.24, 2.45) is 0 Å². The minimum Gasteiger partial charge on any atom is -0.404 e. The summed E-state index contributed by atoms with van der Waals surface area (Å²) in [5.74, 6) is 0.724. The van der Waals surface area contributed by atoms with Crippen LogP contribution < -0.4 is 20.3 Å². The average Bonchev–Trinajstić information content (AvgIpc) is 2.68. The molecule has 1 aliphatic rings. The Labute approximate surface area is 159 Å². The standard InChI is InChI=1S/C18H20F3N5O2/c19-18(20,21)28-14-7-3-2-6-13(14)24-17(27)23-12-15-22-9-8-16(25-15)26-10-4-1-5-11-26/h2-3,6-9H,1,4-5,10-12H2,(H2,23,24,27). The third-order valence-electron chi connectivity index (χ3n) is 4.14. The number of anilines is 2. The number of para-hydroxylation sites is 2. The molecule has 2 aromatic rings. The van der Waals surface area contributed by atoms with Crippen molar-refractivity contribution in [3.8, 4) is 5.75 Å². The highest BCUT2D eigenvalue weighted by molar-refractivity contribution is 5.90. The fraction of sp³-hybridized carbons (Fsp3) is 0.389. The molecule has 0 atom stereocenters. The van der Waals surface area contributed by atoms with Gasteiger partial charge in [-0.2, -0.15) is 0 Å². The molecule has 0 aliphatic carbocycles. The Morgan fingerprint density at radius 2 is 1.89 bits per heavy atom. The maximum absolute atomic E-state index is 12.4. The lowest BCUT2D eigenvalue weighted by molar-refractivity contribution is -0.274. The number of carbonyl (C=O) groups is 1. The molecular weight excluding hydrogens is 375 g/mol. The van der Waals surface area contributed by atoms with Crippen molar-refractivity contribution in [1.82, 2.24) is 15.3 Å². The lowest BCUT2D eigenvalue weighted by atomic mass is 10.1. The molecule has 2 amide bonds. The summed E-state index contributed by atoms with van der Waals surface area (Å²) in [7, 11) is 0. The van der Waals surface area contributed by atoms with E-state index in [-0.39, 0.29) is 12.2 Å². The van der Waals surface area contributed by atoms with Crippen LogP contribution in [0.1, 0.15) is 25.1 Å². The molecule has 0 unspecified atom stereocenters. The Kier molecular flexibility index (Phi) is 6.17. The largest absolute Gasteiger partial charge is 0.573 e. The van der Waals surface area contributed by atoms with Crippen LogP contribution in [0, 0.1) is 0 Å². The van der Waals surface area contributed by atoms with E-state index in [1.165, 1.54) is 24.6 Å². The van der Waals surface area contributed by atoms with Gasteiger partial charge in [0.05, 0.1) is 12.2 Å². The topological polar surface area (TPSA) is 79.4 Å². The number of rotatable bonds is 5. The number of hydrogen-bond donors (Lipinski definition) is 2. The lowest BCUT2D eigenvalue weighted by Gasteiger charge is -2.27. The monoisotopic (exact) mass is 395 g/mol. The van der Waals surface area contributed by atoms with E-state index in [1.807, 2.05) is 6.07 Å². The first-order valence-corrected chi connectivity index (χ1v) is 8.87. The van der Waals surface area contributed by atoms with E-state index in [1.54, 1.807) is 6.20 Å². The third-order valence-corrected chi connectivity index (χ3v) is 4.14. The van der Waals surface area contributed by atoms with Gasteiger partial charge in [-0.25, -0.2) is 14.8 Å². The number of piperidine rings is 1. The molecule has 10 heteroatoms. The van der Waals surface area contributed by atoms with Gasteiger partial charge < -0.3 is 20.3 Å². The molecule has 7 nitrogen and oxygen atoms in total. The third kappa shape index (κ3) is 5.73. The predicted octanol–water partition coefficient (Wildman–Crippen LogP) is 3.69. The Balaban J connectivity index is 1.58. The molecule has 3 rings (SSSR count). The Morgan fingerprint density at radius 1 is 1.14 bits per heavy atom. The zero-order valence-corrected chi connectivity index (χ0v) is 15.0. The molecule has 1 saturated heterocycles. The number of aromatic nitrogens is 2. The molecule has 0 spiro atoms. The lowest BCUT2D eigenvalue weighted by Crippen LogP contribution is -2.32. The van der Waals surface area contributed by atoms with Crippen molar-refractivity contribution in [2.75, 3.05) is 23.3 Å². The van der Waals surface area contributed by atoms with E-state index in [9.17, 15) is 18.0 Å². The summed E-state index contributed by atoms with van der Waals surface area (Å²) < 4.78 is 41.3. The van der Waals surface area contributed by atoms with E-state index in [2.05, 4.69) is 30.2 Å². The van der Waals surface area contributed by atoms with Gasteiger partial charge in [-0.3, -0.25) is 0 Å². The first-order chi connectivity index (χ1) is 13.4. The van der Waals surface area contributed by atoms with Crippen LogP contribution in [0.25, 0.3) is 0 Å². The summed E-state index contributed by atoms with van der Waals surface area (Å²) in [6, 6.07) is 6.43. The fourth-order valence-corrected chi connectivity index (χ4v) is 2.88. The molecule has 1 fully saturated rings. The van der Waals surface area contributed by atoms with Crippen molar-refractivity contribution >= 4 is 17.5 Å². The molecule has 150 valence electrons. The quantitative estimate of drug-likeness (QED) is 0.807. The summed E-state index contributed by atoms with van der Waals surface area (Å²) in [6.07, 6.45) is 0.198. The predicted molar refractivity (Wildman–Crippen MR) is 97.1 cm³/mol. The maximum Gasteiger partial charge on any atom is 0.573 e. The summed E-state index contributed by atoms with van der Waals surface area (Å²) >= 11 is 0. The smallest absolute Gasteiger partial charge is 0.404 e. The van der Waals surface area contributed by atoms with E-state index in [4.69, 9.17) is 0 Å². The SMILES string of the molecule is O=C(NCc1nccc(N2CCCCC2)n1)Nc1ccccc1OC(F)(F)F. The highest BCUT2D eigenvalue weighted by Gasteiger charge is 2.32. The van der Waals surface area contributed by atoms with Gasteiger partial charge in [0, 0.05) is 19.3 Å². The van der Waals surface area contributed by atoms with Crippen LogP contribution in [0.15, 0.2) is 36.5 Å². The summed E-state index contributed by atoms with van der Waals surface area (Å²) in [6.45, 7) is 1.90.